The molecule has 5 nitrogen and oxygen atoms in total. The molecule has 1 heterocycles. The van der Waals surface area contributed by atoms with Gasteiger partial charge in [0, 0.05) is 17.2 Å². The van der Waals surface area contributed by atoms with Crippen LogP contribution in [-0.4, -0.2) is 33.5 Å². The maximum atomic E-state index is 13.2. The number of benzene rings is 3. The molecule has 0 aliphatic carbocycles. The number of nitrogens with zero attached hydrogens (tertiary/aromatic N) is 2. The zero-order valence-corrected chi connectivity index (χ0v) is 19.3. The lowest BCUT2D eigenvalue weighted by Gasteiger charge is -2.13. The van der Waals surface area contributed by atoms with Crippen molar-refractivity contribution in [1.29, 1.82) is 0 Å². The molecular formula is C25H23N3O2S2. The van der Waals surface area contributed by atoms with Gasteiger partial charge >= 0.3 is 0 Å². The lowest BCUT2D eigenvalue weighted by molar-refractivity contribution is -0.118. The third kappa shape index (κ3) is 5.41. The number of fused-ring (bicyclic) bond motifs is 1. The van der Waals surface area contributed by atoms with Crippen LogP contribution in [0.3, 0.4) is 0 Å². The molecule has 0 fully saturated rings. The molecule has 0 aliphatic rings. The molecule has 7 heteroatoms. The summed E-state index contributed by atoms with van der Waals surface area (Å²) >= 11 is 2.98. The Bertz CT molecular complexity index is 1270. The fraction of sp³-hybridized carbons (Fsp3) is 0.160. The Kier molecular flexibility index (Phi) is 7.29. The highest BCUT2D eigenvalue weighted by Gasteiger charge is 2.14. The fourth-order valence-electron chi connectivity index (χ4n) is 3.19. The average molecular weight is 462 g/mol. The highest BCUT2D eigenvalue weighted by atomic mass is 32.2. The van der Waals surface area contributed by atoms with E-state index >= 15 is 0 Å². The first-order valence-corrected chi connectivity index (χ1v) is 12.2. The Hall–Kier alpha value is -3.03. The Balaban J connectivity index is 1.42. The minimum absolute atomic E-state index is 0.0819. The Morgan fingerprint density at radius 3 is 2.44 bits per heavy atom. The van der Waals surface area contributed by atoms with E-state index in [1.165, 1.54) is 22.2 Å². The van der Waals surface area contributed by atoms with E-state index in [0.717, 1.165) is 11.4 Å². The van der Waals surface area contributed by atoms with Gasteiger partial charge in [-0.25, -0.2) is 4.98 Å². The van der Waals surface area contributed by atoms with Gasteiger partial charge in [-0.1, -0.05) is 59.8 Å². The van der Waals surface area contributed by atoms with Crippen molar-refractivity contribution < 1.29 is 4.79 Å². The van der Waals surface area contributed by atoms with Gasteiger partial charge < -0.3 is 5.32 Å². The molecule has 3 aromatic carbocycles. The van der Waals surface area contributed by atoms with Gasteiger partial charge in [0.25, 0.3) is 5.56 Å². The molecule has 4 rings (SSSR count). The van der Waals surface area contributed by atoms with Crippen LogP contribution in [-0.2, 0) is 4.79 Å². The normalized spacial score (nSPS) is 10.9. The molecule has 4 aromatic rings. The summed E-state index contributed by atoms with van der Waals surface area (Å²) in [5, 5.41) is 4.01. The number of rotatable bonds is 8. The van der Waals surface area contributed by atoms with Crippen molar-refractivity contribution >= 4 is 40.3 Å². The topological polar surface area (TPSA) is 64.0 Å². The van der Waals surface area contributed by atoms with Crippen molar-refractivity contribution in [1.82, 2.24) is 14.9 Å². The summed E-state index contributed by atoms with van der Waals surface area (Å²) in [6, 6.07) is 25.0. The van der Waals surface area contributed by atoms with Gasteiger partial charge in [-0.15, -0.1) is 11.8 Å². The molecular weight excluding hydrogens is 438 g/mol. The van der Waals surface area contributed by atoms with E-state index in [9.17, 15) is 9.59 Å². The first kappa shape index (κ1) is 22.2. The van der Waals surface area contributed by atoms with Crippen molar-refractivity contribution in [3.05, 3.63) is 94.8 Å². The molecule has 0 aliphatic heterocycles. The molecule has 0 atom stereocenters. The number of carbonyl (C=O) groups is 1. The van der Waals surface area contributed by atoms with E-state index in [-0.39, 0.29) is 17.2 Å². The van der Waals surface area contributed by atoms with E-state index in [1.807, 2.05) is 48.5 Å². The van der Waals surface area contributed by atoms with Crippen molar-refractivity contribution in [3.8, 4) is 5.69 Å². The minimum atomic E-state index is -0.140. The van der Waals surface area contributed by atoms with E-state index < -0.39 is 0 Å². The van der Waals surface area contributed by atoms with Crippen LogP contribution in [0.25, 0.3) is 16.6 Å². The van der Waals surface area contributed by atoms with Crippen LogP contribution >= 0.6 is 23.5 Å². The van der Waals surface area contributed by atoms with Crippen LogP contribution in [0.15, 0.2) is 93.7 Å². The smallest absolute Gasteiger partial charge is 0.266 e. The number of hydrogen-bond acceptors (Lipinski definition) is 5. The standard InChI is InChI=1S/C25H23N3O2S2/c1-18-11-13-20(14-12-18)31-16-15-26-23(29)17-32-25-27-22-10-6-5-9-21(22)24(30)28(25)19-7-3-2-4-8-19/h2-14H,15-17H2,1H3,(H,26,29). The number of amides is 1. The molecule has 0 spiro atoms. The molecule has 0 saturated heterocycles. The summed E-state index contributed by atoms with van der Waals surface area (Å²) in [6.45, 7) is 2.64. The third-order valence-electron chi connectivity index (χ3n) is 4.81. The lowest BCUT2D eigenvalue weighted by Crippen LogP contribution is -2.28. The van der Waals surface area contributed by atoms with Crippen molar-refractivity contribution in [2.75, 3.05) is 18.1 Å². The number of nitrogens with one attached hydrogen (secondary N) is 1. The number of aryl methyl sites for hydroxylation is 1. The molecule has 162 valence electrons. The molecule has 0 saturated carbocycles. The van der Waals surface area contributed by atoms with Crippen molar-refractivity contribution in [2.45, 2.75) is 17.0 Å². The summed E-state index contributed by atoms with van der Waals surface area (Å²) in [7, 11) is 0. The minimum Gasteiger partial charge on any atom is -0.355 e. The number of aromatic nitrogens is 2. The van der Waals surface area contributed by atoms with Gasteiger partial charge in [-0.2, -0.15) is 0 Å². The van der Waals surface area contributed by atoms with Crippen LogP contribution in [0, 0.1) is 6.92 Å². The third-order valence-corrected chi connectivity index (χ3v) is 6.76. The Labute approximate surface area is 195 Å². The zero-order chi connectivity index (χ0) is 22.3. The lowest BCUT2D eigenvalue weighted by atomic mass is 10.2. The first-order chi connectivity index (χ1) is 15.6. The van der Waals surface area contributed by atoms with E-state index in [4.69, 9.17) is 0 Å². The van der Waals surface area contributed by atoms with E-state index in [2.05, 4.69) is 41.5 Å². The predicted octanol–water partition coefficient (Wildman–Crippen LogP) is 4.69. The van der Waals surface area contributed by atoms with Gasteiger partial charge in [0.2, 0.25) is 5.91 Å². The van der Waals surface area contributed by atoms with Crippen LogP contribution in [0.1, 0.15) is 5.56 Å². The van der Waals surface area contributed by atoms with E-state index in [1.54, 1.807) is 22.4 Å². The number of hydrogen-bond donors (Lipinski definition) is 1. The van der Waals surface area contributed by atoms with Crippen LogP contribution < -0.4 is 10.9 Å². The summed E-state index contributed by atoms with van der Waals surface area (Å²) in [5.74, 6) is 0.899. The average Bonchev–Trinajstić information content (AvgIpc) is 2.82. The summed E-state index contributed by atoms with van der Waals surface area (Å²) < 4.78 is 1.58. The van der Waals surface area contributed by atoms with E-state index in [0.29, 0.717) is 22.6 Å². The zero-order valence-electron chi connectivity index (χ0n) is 17.7. The molecule has 1 N–H and O–H groups in total. The Morgan fingerprint density at radius 2 is 1.66 bits per heavy atom. The van der Waals surface area contributed by atoms with Crippen LogP contribution in [0.4, 0.5) is 0 Å². The highest BCUT2D eigenvalue weighted by Crippen LogP contribution is 2.21. The molecule has 32 heavy (non-hydrogen) atoms. The quantitative estimate of drug-likeness (QED) is 0.234. The predicted molar refractivity (Wildman–Crippen MR) is 133 cm³/mol. The number of para-hydroxylation sites is 2. The second-order valence-electron chi connectivity index (χ2n) is 7.19. The maximum Gasteiger partial charge on any atom is 0.266 e. The van der Waals surface area contributed by atoms with Crippen molar-refractivity contribution in [2.24, 2.45) is 0 Å². The second kappa shape index (κ2) is 10.5. The van der Waals surface area contributed by atoms with Gasteiger partial charge in [-0.05, 0) is 43.3 Å². The number of thioether (sulfide) groups is 2. The van der Waals surface area contributed by atoms with Crippen LogP contribution in [0.5, 0.6) is 0 Å². The molecule has 0 unspecified atom stereocenters. The molecule has 1 aromatic heterocycles. The Morgan fingerprint density at radius 1 is 0.938 bits per heavy atom. The molecule has 1 amide bonds. The van der Waals surface area contributed by atoms with Crippen molar-refractivity contribution in [3.63, 3.8) is 0 Å². The highest BCUT2D eigenvalue weighted by molar-refractivity contribution is 7.99. The van der Waals surface area contributed by atoms with Crippen LogP contribution in [0.2, 0.25) is 0 Å². The number of carbonyl (C=O) groups excluding carboxylic acids is 1. The van der Waals surface area contributed by atoms with Gasteiger partial charge in [0.15, 0.2) is 5.16 Å². The monoisotopic (exact) mass is 461 g/mol. The van der Waals surface area contributed by atoms with Gasteiger partial charge in [0.1, 0.15) is 0 Å². The first-order valence-electron chi connectivity index (χ1n) is 10.3. The maximum absolute atomic E-state index is 13.2. The fourth-order valence-corrected chi connectivity index (χ4v) is 4.80. The SMILES string of the molecule is Cc1ccc(SCCNC(=O)CSc2nc3ccccc3c(=O)n2-c2ccccc2)cc1. The molecule has 0 radical (unpaired) electrons. The summed E-state index contributed by atoms with van der Waals surface area (Å²) in [5.41, 5.74) is 2.45. The summed E-state index contributed by atoms with van der Waals surface area (Å²) in [6.07, 6.45) is 0. The summed E-state index contributed by atoms with van der Waals surface area (Å²) in [4.78, 5) is 31.4. The largest absolute Gasteiger partial charge is 0.355 e. The second-order valence-corrected chi connectivity index (χ2v) is 9.30. The molecule has 0 bridgehead atoms. The van der Waals surface area contributed by atoms with Gasteiger partial charge in [-0.3, -0.25) is 14.2 Å². The van der Waals surface area contributed by atoms with Gasteiger partial charge in [0.05, 0.1) is 22.3 Å².